The van der Waals surface area contributed by atoms with E-state index in [4.69, 9.17) is 13.1 Å². The van der Waals surface area contributed by atoms with Crippen LogP contribution < -0.4 is 0 Å². The molecule has 2 heterocycles. The minimum Gasteiger partial charge on any atom is -0.316 e. The standard InChI is InChI=1S/C15H17N3.C10H6BrN3.C6H14/c1-15(2,3)10-12-5-6-14(13(9-12)16-4)18-8-7-17-11-18;1-12-9-6-8(11)2-3-10(9)14-5-4-13-7-14;1-5-6(2,3)4/h5-9,11H,10H2,1-3H3;2-7H;5H2,1-4H3. The Hall–Kier alpha value is -3.68. The number of aromatic nitrogens is 4. The zero-order valence-electron chi connectivity index (χ0n) is 23.4. The van der Waals surface area contributed by atoms with Crippen molar-refractivity contribution in [2.24, 2.45) is 10.8 Å². The summed E-state index contributed by atoms with van der Waals surface area (Å²) < 4.78 is 4.60. The molecule has 0 saturated heterocycles. The Morgan fingerprint density at radius 2 is 1.24 bits per heavy atom. The van der Waals surface area contributed by atoms with E-state index in [2.05, 4.69) is 90.1 Å². The third-order valence-electron chi connectivity index (χ3n) is 5.58. The molecule has 0 radical (unpaired) electrons. The molecule has 2 aromatic heterocycles. The van der Waals surface area contributed by atoms with Gasteiger partial charge in [-0.2, -0.15) is 0 Å². The Bertz CT molecular complexity index is 1360. The van der Waals surface area contributed by atoms with Crippen molar-refractivity contribution in [2.75, 3.05) is 0 Å². The smallest absolute Gasteiger partial charge is 0.211 e. The first kappa shape index (κ1) is 30.5. The fraction of sp³-hybridized carbons (Fsp3) is 0.355. The van der Waals surface area contributed by atoms with Crippen LogP contribution in [-0.2, 0) is 6.42 Å². The number of rotatable bonds is 3. The van der Waals surface area contributed by atoms with Gasteiger partial charge in [0.25, 0.3) is 0 Å². The molecule has 0 aliphatic heterocycles. The average Bonchev–Trinajstić information content (AvgIpc) is 3.58. The highest BCUT2D eigenvalue weighted by Gasteiger charge is 2.13. The van der Waals surface area contributed by atoms with E-state index in [9.17, 15) is 0 Å². The number of benzene rings is 2. The highest BCUT2D eigenvalue weighted by molar-refractivity contribution is 9.10. The first-order chi connectivity index (χ1) is 17.9. The van der Waals surface area contributed by atoms with Gasteiger partial charge in [-0.3, -0.25) is 0 Å². The summed E-state index contributed by atoms with van der Waals surface area (Å²) in [5, 5.41) is 0. The number of hydrogen-bond acceptors (Lipinski definition) is 2. The number of nitrogens with zero attached hydrogens (tertiary/aromatic N) is 6. The van der Waals surface area contributed by atoms with E-state index in [1.807, 2.05) is 45.8 Å². The van der Waals surface area contributed by atoms with Gasteiger partial charge in [0.2, 0.25) is 11.4 Å². The van der Waals surface area contributed by atoms with Crippen molar-refractivity contribution in [3.8, 4) is 11.4 Å². The highest BCUT2D eigenvalue weighted by Crippen LogP contribution is 2.29. The average molecular weight is 574 g/mol. The minimum absolute atomic E-state index is 0.232. The van der Waals surface area contributed by atoms with E-state index in [1.54, 1.807) is 31.1 Å². The number of hydrogen-bond donors (Lipinski definition) is 0. The lowest BCUT2D eigenvalue weighted by molar-refractivity contribution is 0.398. The largest absolute Gasteiger partial charge is 0.316 e. The molecule has 0 aliphatic carbocycles. The topological polar surface area (TPSA) is 44.4 Å². The van der Waals surface area contributed by atoms with E-state index in [0.29, 0.717) is 16.8 Å². The second kappa shape index (κ2) is 13.7. The first-order valence-corrected chi connectivity index (χ1v) is 13.3. The van der Waals surface area contributed by atoms with Crippen LogP contribution in [0.4, 0.5) is 11.4 Å². The normalized spacial score (nSPS) is 10.8. The van der Waals surface area contributed by atoms with Crippen LogP contribution in [-0.4, -0.2) is 19.1 Å². The van der Waals surface area contributed by atoms with Crippen molar-refractivity contribution in [1.82, 2.24) is 19.1 Å². The molecule has 0 aliphatic rings. The first-order valence-electron chi connectivity index (χ1n) is 12.5. The predicted molar refractivity (Wildman–Crippen MR) is 160 cm³/mol. The van der Waals surface area contributed by atoms with E-state index in [1.165, 1.54) is 12.0 Å². The van der Waals surface area contributed by atoms with Gasteiger partial charge in [0, 0.05) is 29.3 Å². The lowest BCUT2D eigenvalue weighted by Crippen LogP contribution is -2.09. The van der Waals surface area contributed by atoms with Crippen molar-refractivity contribution in [1.29, 1.82) is 0 Å². The Morgan fingerprint density at radius 1 is 0.763 bits per heavy atom. The van der Waals surface area contributed by atoms with Crippen molar-refractivity contribution >= 4 is 27.3 Å². The van der Waals surface area contributed by atoms with Gasteiger partial charge in [-0.15, -0.1) is 0 Å². The van der Waals surface area contributed by atoms with Crippen LogP contribution in [0.3, 0.4) is 0 Å². The predicted octanol–water partition coefficient (Wildman–Crippen LogP) is 9.64. The molecule has 0 fully saturated rings. The zero-order valence-corrected chi connectivity index (χ0v) is 25.0. The molecule has 0 amide bonds. The van der Waals surface area contributed by atoms with Crippen molar-refractivity contribution in [3.05, 3.63) is 107 Å². The van der Waals surface area contributed by atoms with Gasteiger partial charge in [-0.05, 0) is 41.5 Å². The number of halogens is 1. The van der Waals surface area contributed by atoms with Crippen LogP contribution in [0.5, 0.6) is 0 Å². The molecule has 0 bridgehead atoms. The Balaban J connectivity index is 0.000000225. The van der Waals surface area contributed by atoms with Crippen LogP contribution in [0, 0.1) is 24.0 Å². The fourth-order valence-corrected chi connectivity index (χ4v) is 3.56. The summed E-state index contributed by atoms with van der Waals surface area (Å²) in [5.74, 6) is 0. The number of imidazole rings is 2. The van der Waals surface area contributed by atoms with E-state index < -0.39 is 0 Å². The van der Waals surface area contributed by atoms with Gasteiger partial charge in [0.15, 0.2) is 0 Å². The minimum atomic E-state index is 0.232. The van der Waals surface area contributed by atoms with Crippen molar-refractivity contribution < 1.29 is 0 Å². The summed E-state index contributed by atoms with van der Waals surface area (Å²) in [5.41, 5.74) is 5.00. The van der Waals surface area contributed by atoms with E-state index >= 15 is 0 Å². The molecular formula is C31H37BrN6. The molecule has 0 spiro atoms. The second-order valence-electron chi connectivity index (χ2n) is 11.3. The maximum Gasteiger partial charge on any atom is 0.211 e. The molecule has 0 N–H and O–H groups in total. The second-order valence-corrected chi connectivity index (χ2v) is 12.2. The SMILES string of the molecule is CCC(C)(C)C.[C-]#[N+]c1cc(Br)ccc1-n1ccnc1.[C-]#[N+]c1cc(CC(C)(C)C)ccc1-n1ccnc1. The van der Waals surface area contributed by atoms with Gasteiger partial charge < -0.3 is 9.13 Å². The molecule has 6 nitrogen and oxygen atoms in total. The van der Waals surface area contributed by atoms with E-state index in [-0.39, 0.29) is 5.41 Å². The summed E-state index contributed by atoms with van der Waals surface area (Å²) in [6, 6.07) is 11.7. The van der Waals surface area contributed by atoms with Crippen LogP contribution >= 0.6 is 15.9 Å². The molecule has 0 atom stereocenters. The van der Waals surface area contributed by atoms with Crippen molar-refractivity contribution in [2.45, 2.75) is 61.3 Å². The quantitative estimate of drug-likeness (QED) is 0.229. The maximum absolute atomic E-state index is 7.31. The van der Waals surface area contributed by atoms with Gasteiger partial charge >= 0.3 is 0 Å². The van der Waals surface area contributed by atoms with Crippen molar-refractivity contribution in [3.63, 3.8) is 0 Å². The monoisotopic (exact) mass is 572 g/mol. The molecule has 198 valence electrons. The molecule has 4 aromatic rings. The van der Waals surface area contributed by atoms with Crippen LogP contribution in [0.2, 0.25) is 0 Å². The molecule has 2 aromatic carbocycles. The zero-order chi connectivity index (χ0) is 28.3. The van der Waals surface area contributed by atoms with Crippen LogP contribution in [0.15, 0.2) is 78.3 Å². The molecule has 0 unspecified atom stereocenters. The molecular weight excluding hydrogens is 536 g/mol. The lowest BCUT2D eigenvalue weighted by atomic mass is 9.88. The maximum atomic E-state index is 7.31. The summed E-state index contributed by atoms with van der Waals surface area (Å²) in [7, 11) is 0. The third-order valence-corrected chi connectivity index (χ3v) is 6.07. The summed E-state index contributed by atoms with van der Waals surface area (Å²) in [6.45, 7) is 29.9. The summed E-state index contributed by atoms with van der Waals surface area (Å²) >= 11 is 3.33. The Kier molecular flexibility index (Phi) is 11.0. The van der Waals surface area contributed by atoms with Crippen LogP contribution in [0.1, 0.15) is 60.5 Å². The lowest BCUT2D eigenvalue weighted by Gasteiger charge is -2.18. The van der Waals surface area contributed by atoms with Gasteiger partial charge in [0.1, 0.15) is 0 Å². The van der Waals surface area contributed by atoms with Gasteiger partial charge in [0.05, 0.1) is 37.2 Å². The molecule has 4 rings (SSSR count). The summed E-state index contributed by atoms with van der Waals surface area (Å²) in [6.07, 6.45) is 12.7. The Morgan fingerprint density at radius 3 is 1.63 bits per heavy atom. The molecule has 38 heavy (non-hydrogen) atoms. The molecule has 0 saturated carbocycles. The van der Waals surface area contributed by atoms with Crippen LogP contribution in [0.25, 0.3) is 21.1 Å². The third kappa shape index (κ3) is 10.00. The highest BCUT2D eigenvalue weighted by atomic mass is 79.9. The van der Waals surface area contributed by atoms with Gasteiger partial charge in [-0.1, -0.05) is 88.5 Å². The fourth-order valence-electron chi connectivity index (χ4n) is 3.21. The van der Waals surface area contributed by atoms with E-state index in [0.717, 1.165) is 22.3 Å². The molecule has 7 heteroatoms. The van der Waals surface area contributed by atoms with Gasteiger partial charge in [-0.25, -0.2) is 19.7 Å². The summed E-state index contributed by atoms with van der Waals surface area (Å²) in [4.78, 5) is 15.0. The Labute approximate surface area is 236 Å².